The molecule has 2 N–H and O–H groups in total. The highest BCUT2D eigenvalue weighted by Gasteiger charge is 2.05. The molecule has 0 saturated heterocycles. The Morgan fingerprint density at radius 3 is 2.55 bits per heavy atom. The molecule has 0 spiro atoms. The van der Waals surface area contributed by atoms with E-state index in [0.29, 0.717) is 5.82 Å². The minimum absolute atomic E-state index is 0.111. The fourth-order valence-corrected chi connectivity index (χ4v) is 1.42. The van der Waals surface area contributed by atoms with Crippen molar-refractivity contribution < 1.29 is 8.42 Å². The second-order valence-corrected chi connectivity index (χ2v) is 4.71. The molecule has 0 bridgehead atoms. The minimum Gasteiger partial charge on any atom is -0.285 e. The lowest BCUT2D eigenvalue weighted by molar-refractivity contribution is 0.599. The van der Waals surface area contributed by atoms with Crippen LogP contribution in [0, 0.1) is 4.77 Å². The van der Waals surface area contributed by atoms with E-state index >= 15 is 0 Å². The van der Waals surface area contributed by atoms with Crippen LogP contribution in [-0.4, -0.2) is 29.9 Å². The second-order valence-electron chi connectivity index (χ2n) is 2.18. The molecule has 11 heavy (non-hydrogen) atoms. The zero-order valence-corrected chi connectivity index (χ0v) is 7.42. The molecule has 0 saturated carbocycles. The fourth-order valence-electron chi connectivity index (χ4n) is 0.621. The van der Waals surface area contributed by atoms with Crippen molar-refractivity contribution in [2.75, 3.05) is 6.26 Å². The van der Waals surface area contributed by atoms with Gasteiger partial charge in [0.15, 0.2) is 9.84 Å². The van der Waals surface area contributed by atoms with Crippen molar-refractivity contribution in [3.05, 3.63) is 10.6 Å². The quantitative estimate of drug-likeness (QED) is 0.649. The van der Waals surface area contributed by atoms with Gasteiger partial charge in [0.1, 0.15) is 11.6 Å². The lowest BCUT2D eigenvalue weighted by atomic mass is 10.7. The number of hydrogen-bond acceptors (Lipinski definition) is 4. The molecule has 0 fully saturated rings. The summed E-state index contributed by atoms with van der Waals surface area (Å²) in [5.41, 5.74) is 0. The molecular formula is C4H7N3O2S2. The maximum Gasteiger partial charge on any atom is 0.213 e. The van der Waals surface area contributed by atoms with Gasteiger partial charge in [0.2, 0.25) is 4.77 Å². The molecule has 0 aliphatic rings. The highest BCUT2D eigenvalue weighted by atomic mass is 32.2. The number of aromatic nitrogens is 3. The number of H-pyrrole nitrogens is 2. The van der Waals surface area contributed by atoms with Crippen molar-refractivity contribution in [3.8, 4) is 0 Å². The summed E-state index contributed by atoms with van der Waals surface area (Å²) in [5.74, 6) is 0.234. The third-order valence-corrected chi connectivity index (χ3v) is 1.94. The third kappa shape index (κ3) is 2.81. The van der Waals surface area contributed by atoms with Crippen molar-refractivity contribution >= 4 is 22.1 Å². The first-order valence-electron chi connectivity index (χ1n) is 2.79. The Balaban J connectivity index is 2.90. The summed E-state index contributed by atoms with van der Waals surface area (Å²) in [6.45, 7) is 0. The average Bonchev–Trinajstić information content (AvgIpc) is 2.10. The molecule has 1 aromatic heterocycles. The topological polar surface area (TPSA) is 78.6 Å². The Labute approximate surface area is 68.8 Å². The van der Waals surface area contributed by atoms with E-state index in [9.17, 15) is 8.42 Å². The van der Waals surface area contributed by atoms with Crippen molar-refractivity contribution in [1.29, 1.82) is 0 Å². The molecule has 0 aliphatic carbocycles. The third-order valence-electron chi connectivity index (χ3n) is 0.949. The molecule has 0 aromatic carbocycles. The zero-order chi connectivity index (χ0) is 8.48. The fraction of sp³-hybridized carbons (Fsp3) is 0.500. The van der Waals surface area contributed by atoms with E-state index in [4.69, 9.17) is 0 Å². The van der Waals surface area contributed by atoms with Crippen molar-refractivity contribution in [2.45, 2.75) is 5.75 Å². The van der Waals surface area contributed by atoms with Crippen molar-refractivity contribution in [2.24, 2.45) is 0 Å². The van der Waals surface area contributed by atoms with Crippen LogP contribution in [0.2, 0.25) is 0 Å². The number of nitrogens with zero attached hydrogens (tertiary/aromatic N) is 1. The highest BCUT2D eigenvalue weighted by Crippen LogP contribution is 1.95. The number of rotatable bonds is 2. The van der Waals surface area contributed by atoms with Gasteiger partial charge in [-0.1, -0.05) is 0 Å². The van der Waals surface area contributed by atoms with Crippen LogP contribution in [0.25, 0.3) is 0 Å². The van der Waals surface area contributed by atoms with Gasteiger partial charge in [-0.15, -0.1) is 0 Å². The normalized spacial score (nSPS) is 11.7. The molecule has 0 unspecified atom stereocenters. The van der Waals surface area contributed by atoms with E-state index in [0.717, 1.165) is 6.26 Å². The predicted octanol–water partition coefficient (Wildman–Crippen LogP) is 0.0119. The first kappa shape index (κ1) is 8.41. The van der Waals surface area contributed by atoms with Gasteiger partial charge < -0.3 is 0 Å². The molecule has 0 radical (unpaired) electrons. The van der Waals surface area contributed by atoms with Crippen LogP contribution in [0.1, 0.15) is 5.82 Å². The van der Waals surface area contributed by atoms with Crippen LogP contribution in [0.4, 0.5) is 0 Å². The molecule has 7 heteroatoms. The molecule has 0 amide bonds. The van der Waals surface area contributed by atoms with E-state index in [1.54, 1.807) is 0 Å². The number of hydrogen-bond donors (Lipinski definition) is 2. The summed E-state index contributed by atoms with van der Waals surface area (Å²) in [6, 6.07) is 0. The zero-order valence-electron chi connectivity index (χ0n) is 5.79. The van der Waals surface area contributed by atoms with E-state index in [1.807, 2.05) is 0 Å². The minimum atomic E-state index is -3.02. The average molecular weight is 193 g/mol. The predicted molar refractivity (Wildman–Crippen MR) is 42.3 cm³/mol. The number of nitrogens with one attached hydrogen (secondary N) is 2. The van der Waals surface area contributed by atoms with Gasteiger partial charge in [-0.2, -0.15) is 0 Å². The Bertz CT molecular complexity index is 387. The van der Waals surface area contributed by atoms with Gasteiger partial charge in [0.25, 0.3) is 0 Å². The lowest BCUT2D eigenvalue weighted by Gasteiger charge is -1.89. The molecule has 1 aromatic rings. The van der Waals surface area contributed by atoms with Gasteiger partial charge in [0.05, 0.1) is 0 Å². The van der Waals surface area contributed by atoms with Crippen LogP contribution < -0.4 is 0 Å². The van der Waals surface area contributed by atoms with Gasteiger partial charge in [-0.25, -0.2) is 13.4 Å². The van der Waals surface area contributed by atoms with Crippen molar-refractivity contribution in [3.63, 3.8) is 0 Å². The summed E-state index contributed by atoms with van der Waals surface area (Å²) >= 11 is 4.63. The van der Waals surface area contributed by atoms with Gasteiger partial charge in [-0.05, 0) is 12.2 Å². The monoisotopic (exact) mass is 193 g/mol. The van der Waals surface area contributed by atoms with Crippen LogP contribution in [0.5, 0.6) is 0 Å². The van der Waals surface area contributed by atoms with E-state index in [2.05, 4.69) is 27.4 Å². The molecule has 0 aliphatic heterocycles. The Morgan fingerprint density at radius 2 is 2.18 bits per heavy atom. The van der Waals surface area contributed by atoms with Gasteiger partial charge in [0, 0.05) is 6.26 Å². The van der Waals surface area contributed by atoms with E-state index in [1.165, 1.54) is 0 Å². The first-order chi connectivity index (χ1) is 4.97. The molecule has 0 atom stereocenters. The number of sulfone groups is 1. The summed E-state index contributed by atoms with van der Waals surface area (Å²) in [6.07, 6.45) is 1.14. The second kappa shape index (κ2) is 2.74. The number of aromatic amines is 2. The maximum absolute atomic E-state index is 10.7. The Morgan fingerprint density at radius 1 is 1.55 bits per heavy atom. The smallest absolute Gasteiger partial charge is 0.213 e. The van der Waals surface area contributed by atoms with Crippen LogP contribution in [-0.2, 0) is 15.6 Å². The van der Waals surface area contributed by atoms with Crippen LogP contribution in [0.3, 0.4) is 0 Å². The van der Waals surface area contributed by atoms with E-state index in [-0.39, 0.29) is 10.5 Å². The summed E-state index contributed by atoms with van der Waals surface area (Å²) in [7, 11) is -3.02. The maximum atomic E-state index is 10.7. The summed E-state index contributed by atoms with van der Waals surface area (Å²) in [4.78, 5) is 3.72. The molecular weight excluding hydrogens is 186 g/mol. The van der Waals surface area contributed by atoms with E-state index < -0.39 is 9.84 Å². The van der Waals surface area contributed by atoms with Gasteiger partial charge >= 0.3 is 0 Å². The SMILES string of the molecule is CS(=O)(=O)Cc1nc(=S)[nH][nH]1. The Kier molecular flexibility index (Phi) is 2.10. The molecule has 1 heterocycles. The summed E-state index contributed by atoms with van der Waals surface area (Å²) < 4.78 is 21.7. The van der Waals surface area contributed by atoms with Crippen LogP contribution in [0.15, 0.2) is 0 Å². The Hall–Kier alpha value is -0.690. The first-order valence-corrected chi connectivity index (χ1v) is 5.25. The largest absolute Gasteiger partial charge is 0.285 e. The standard InChI is InChI=1S/C4H7N3O2S2/c1-11(8,9)2-3-5-4(10)7-6-3/h2H2,1H3,(H2,5,6,7,10). The highest BCUT2D eigenvalue weighted by molar-refractivity contribution is 7.89. The van der Waals surface area contributed by atoms with Gasteiger partial charge in [-0.3, -0.25) is 10.2 Å². The van der Waals surface area contributed by atoms with Crippen LogP contribution >= 0.6 is 12.2 Å². The molecule has 5 nitrogen and oxygen atoms in total. The molecule has 62 valence electrons. The summed E-state index contributed by atoms with van der Waals surface area (Å²) in [5, 5.41) is 5.05. The lowest BCUT2D eigenvalue weighted by Crippen LogP contribution is -2.02. The van der Waals surface area contributed by atoms with Crippen molar-refractivity contribution in [1.82, 2.24) is 15.2 Å². The molecule has 1 rings (SSSR count).